The Morgan fingerprint density at radius 1 is 1.10 bits per heavy atom. The molecule has 0 aliphatic carbocycles. The number of ether oxygens (including phenoxy) is 2. The van der Waals surface area contributed by atoms with Gasteiger partial charge in [0.05, 0.1) is 24.6 Å². The lowest BCUT2D eigenvalue weighted by atomic mass is 9.89. The third-order valence-corrected chi connectivity index (χ3v) is 6.15. The van der Waals surface area contributed by atoms with Crippen LogP contribution in [0.3, 0.4) is 0 Å². The number of aromatic nitrogens is 1. The molecule has 0 spiro atoms. The van der Waals surface area contributed by atoms with E-state index in [1.54, 1.807) is 0 Å². The minimum atomic E-state index is -5.18. The van der Waals surface area contributed by atoms with Crippen molar-refractivity contribution in [2.75, 3.05) is 13.7 Å². The molecule has 0 amide bonds. The van der Waals surface area contributed by atoms with E-state index in [1.807, 2.05) is 0 Å². The molecule has 3 aromatic rings. The number of carbonyl (C=O) groups is 1. The van der Waals surface area contributed by atoms with Crippen LogP contribution < -0.4 is 15.2 Å². The van der Waals surface area contributed by atoms with Crippen LogP contribution in [0.1, 0.15) is 46.9 Å². The SMILES string of the molecule is COc1cc(C(=O)CCC(O)(c2cc(CN)cc(-c3ccc(F)c(C)c3)n2)C(F)(F)F)ccc1OCC(C)O. The number of pyridine rings is 1. The lowest BCUT2D eigenvalue weighted by molar-refractivity contribution is -0.270. The topological polar surface area (TPSA) is 115 Å². The summed E-state index contributed by atoms with van der Waals surface area (Å²) in [7, 11) is 1.33. The number of hydrogen-bond donors (Lipinski definition) is 3. The number of alkyl halides is 3. The summed E-state index contributed by atoms with van der Waals surface area (Å²) >= 11 is 0. The molecule has 11 heteroatoms. The van der Waals surface area contributed by atoms with E-state index in [0.29, 0.717) is 5.56 Å². The molecule has 2 unspecified atom stereocenters. The molecular weight excluding hydrogens is 520 g/mol. The van der Waals surface area contributed by atoms with E-state index < -0.39 is 48.0 Å². The Morgan fingerprint density at radius 2 is 1.82 bits per heavy atom. The number of Topliss-reactive ketones (excluding diaryl/α,β-unsaturated/α-hetero) is 1. The third-order valence-electron chi connectivity index (χ3n) is 6.15. The van der Waals surface area contributed by atoms with E-state index in [4.69, 9.17) is 15.2 Å². The number of carbonyl (C=O) groups excluding carboxylic acids is 1. The maximum atomic E-state index is 14.3. The standard InChI is InChI=1S/C28H30F4N2O5/c1-16-10-19(4-6-21(16)29)22-11-18(14-33)12-26(34-22)27(37,28(30,31)32)9-8-23(36)20-5-7-24(25(13-20)38-3)39-15-17(2)35/h4-7,10-13,17,35,37H,8-9,14-15,33H2,1-3H3. The smallest absolute Gasteiger partial charge is 0.422 e. The first kappa shape index (κ1) is 30.0. The van der Waals surface area contributed by atoms with Crippen molar-refractivity contribution in [2.24, 2.45) is 5.73 Å². The highest BCUT2D eigenvalue weighted by molar-refractivity contribution is 5.96. The number of hydrogen-bond acceptors (Lipinski definition) is 7. The van der Waals surface area contributed by atoms with Crippen LogP contribution in [0.25, 0.3) is 11.3 Å². The second kappa shape index (κ2) is 12.1. The molecule has 0 saturated heterocycles. The first-order valence-corrected chi connectivity index (χ1v) is 12.1. The fraction of sp³-hybridized carbons (Fsp3) is 0.357. The molecule has 39 heavy (non-hydrogen) atoms. The molecule has 0 bridgehead atoms. The van der Waals surface area contributed by atoms with Crippen molar-refractivity contribution in [3.8, 4) is 22.8 Å². The van der Waals surface area contributed by atoms with Crippen LogP contribution in [0.15, 0.2) is 48.5 Å². The minimum Gasteiger partial charge on any atom is -0.493 e. The molecule has 0 radical (unpaired) electrons. The highest BCUT2D eigenvalue weighted by atomic mass is 19.4. The van der Waals surface area contributed by atoms with Gasteiger partial charge in [0.1, 0.15) is 12.4 Å². The van der Waals surface area contributed by atoms with Crippen molar-refractivity contribution in [3.63, 3.8) is 0 Å². The van der Waals surface area contributed by atoms with Gasteiger partial charge in [0.15, 0.2) is 17.3 Å². The second-order valence-corrected chi connectivity index (χ2v) is 9.22. The molecule has 0 aliphatic heterocycles. The molecule has 2 aromatic carbocycles. The Balaban J connectivity index is 1.93. The normalized spacial score (nSPS) is 14.0. The predicted molar refractivity (Wildman–Crippen MR) is 136 cm³/mol. The highest BCUT2D eigenvalue weighted by Gasteiger charge is 2.56. The molecule has 0 fully saturated rings. The van der Waals surface area contributed by atoms with E-state index >= 15 is 0 Å². The Hall–Kier alpha value is -3.54. The van der Waals surface area contributed by atoms with Crippen LogP contribution in [0.5, 0.6) is 11.5 Å². The maximum absolute atomic E-state index is 14.3. The zero-order valence-corrected chi connectivity index (χ0v) is 21.7. The Labute approximate surface area is 223 Å². The molecule has 0 aliphatic rings. The Kier molecular flexibility index (Phi) is 9.31. The summed E-state index contributed by atoms with van der Waals surface area (Å²) in [4.78, 5) is 17.0. The quantitative estimate of drug-likeness (QED) is 0.231. The van der Waals surface area contributed by atoms with E-state index in [9.17, 15) is 32.6 Å². The minimum absolute atomic E-state index is 0.0311. The molecule has 3 rings (SSSR count). The van der Waals surface area contributed by atoms with Gasteiger partial charge in [0, 0.05) is 24.1 Å². The summed E-state index contributed by atoms with van der Waals surface area (Å²) < 4.78 is 67.3. The summed E-state index contributed by atoms with van der Waals surface area (Å²) in [6, 6.07) is 10.6. The average molecular weight is 551 g/mol. The second-order valence-electron chi connectivity index (χ2n) is 9.22. The number of aryl methyl sites for hydroxylation is 1. The van der Waals surface area contributed by atoms with E-state index in [2.05, 4.69) is 4.98 Å². The zero-order valence-electron chi connectivity index (χ0n) is 21.7. The van der Waals surface area contributed by atoms with Gasteiger partial charge >= 0.3 is 6.18 Å². The fourth-order valence-corrected chi connectivity index (χ4v) is 3.89. The van der Waals surface area contributed by atoms with Gasteiger partial charge in [-0.2, -0.15) is 13.2 Å². The predicted octanol–water partition coefficient (Wildman–Crippen LogP) is 4.84. The fourth-order valence-electron chi connectivity index (χ4n) is 3.89. The van der Waals surface area contributed by atoms with Gasteiger partial charge < -0.3 is 25.4 Å². The summed E-state index contributed by atoms with van der Waals surface area (Å²) in [5.41, 5.74) is 2.51. The number of aliphatic hydroxyl groups is 2. The van der Waals surface area contributed by atoms with Crippen molar-refractivity contribution in [1.82, 2.24) is 4.98 Å². The van der Waals surface area contributed by atoms with Crippen molar-refractivity contribution in [3.05, 3.63) is 76.7 Å². The number of aliphatic hydroxyl groups excluding tert-OH is 1. The summed E-state index contributed by atoms with van der Waals surface area (Å²) in [6.07, 6.45) is -7.62. The third kappa shape index (κ3) is 6.92. The highest BCUT2D eigenvalue weighted by Crippen LogP contribution is 2.43. The van der Waals surface area contributed by atoms with Gasteiger partial charge in [-0.05, 0) is 79.9 Å². The first-order valence-electron chi connectivity index (χ1n) is 12.1. The summed E-state index contributed by atoms with van der Waals surface area (Å²) in [5.74, 6) is -0.766. The van der Waals surface area contributed by atoms with Crippen LogP contribution >= 0.6 is 0 Å². The lowest BCUT2D eigenvalue weighted by Gasteiger charge is -2.30. The summed E-state index contributed by atoms with van der Waals surface area (Å²) in [6.45, 7) is 2.86. The van der Waals surface area contributed by atoms with Gasteiger partial charge in [0.2, 0.25) is 5.60 Å². The molecule has 1 aromatic heterocycles. The molecule has 4 N–H and O–H groups in total. The van der Waals surface area contributed by atoms with E-state index in [0.717, 1.165) is 6.07 Å². The van der Waals surface area contributed by atoms with Crippen LogP contribution in [0.4, 0.5) is 17.6 Å². The van der Waals surface area contributed by atoms with Crippen molar-refractivity contribution in [2.45, 2.75) is 51.1 Å². The number of ketones is 1. The van der Waals surface area contributed by atoms with Crippen molar-refractivity contribution < 1.29 is 42.0 Å². The van der Waals surface area contributed by atoms with Crippen molar-refractivity contribution in [1.29, 1.82) is 0 Å². The van der Waals surface area contributed by atoms with E-state index in [-0.39, 0.29) is 47.0 Å². The number of halogens is 4. The molecule has 1 heterocycles. The van der Waals surface area contributed by atoms with Gasteiger partial charge in [-0.1, -0.05) is 0 Å². The largest absolute Gasteiger partial charge is 0.493 e. The van der Waals surface area contributed by atoms with Gasteiger partial charge in [0.25, 0.3) is 0 Å². The molecule has 210 valence electrons. The average Bonchev–Trinajstić information content (AvgIpc) is 2.90. The molecular formula is C28H30F4N2O5. The number of nitrogens with zero attached hydrogens (tertiary/aromatic N) is 1. The monoisotopic (exact) mass is 550 g/mol. The maximum Gasteiger partial charge on any atom is 0.422 e. The Bertz CT molecular complexity index is 1330. The molecule has 2 atom stereocenters. The number of methoxy groups -OCH3 is 1. The van der Waals surface area contributed by atoms with Gasteiger partial charge in [-0.15, -0.1) is 0 Å². The van der Waals surface area contributed by atoms with Gasteiger partial charge in [-0.3, -0.25) is 4.79 Å². The number of rotatable bonds is 11. The lowest BCUT2D eigenvalue weighted by Crippen LogP contribution is -2.43. The Morgan fingerprint density at radius 3 is 2.41 bits per heavy atom. The number of nitrogens with two attached hydrogens (primary N) is 1. The van der Waals surface area contributed by atoms with Crippen LogP contribution in [-0.2, 0) is 12.1 Å². The van der Waals surface area contributed by atoms with Crippen molar-refractivity contribution >= 4 is 5.78 Å². The van der Waals surface area contributed by atoms with Gasteiger partial charge in [-0.25, -0.2) is 9.37 Å². The first-order chi connectivity index (χ1) is 18.3. The summed E-state index contributed by atoms with van der Waals surface area (Å²) in [5, 5.41) is 20.4. The zero-order chi connectivity index (χ0) is 29.0. The number of benzene rings is 2. The molecule has 7 nitrogen and oxygen atoms in total. The molecule has 0 saturated carbocycles. The van der Waals surface area contributed by atoms with Crippen LogP contribution in [0, 0.1) is 12.7 Å². The van der Waals surface area contributed by atoms with Crippen LogP contribution in [-0.4, -0.2) is 47.0 Å². The van der Waals surface area contributed by atoms with E-state index in [1.165, 1.54) is 63.4 Å². The van der Waals surface area contributed by atoms with Crippen LogP contribution in [0.2, 0.25) is 0 Å².